The Kier molecular flexibility index (Phi) is 6.52. The third-order valence-electron chi connectivity index (χ3n) is 5.36. The fourth-order valence-corrected chi connectivity index (χ4v) is 3.54. The second-order valence-electron chi connectivity index (χ2n) is 7.47. The van der Waals surface area contributed by atoms with Crippen LogP contribution in [0.3, 0.4) is 0 Å². The number of aromatic hydroxyl groups is 1. The van der Waals surface area contributed by atoms with E-state index in [0.29, 0.717) is 25.4 Å². The Bertz CT molecular complexity index is 788. The second-order valence-corrected chi connectivity index (χ2v) is 7.47. The number of phenols is 1. The van der Waals surface area contributed by atoms with Crippen LogP contribution in [0.4, 0.5) is 4.39 Å². The highest BCUT2D eigenvalue weighted by Gasteiger charge is 2.33. The number of amides is 1. The lowest BCUT2D eigenvalue weighted by Gasteiger charge is -2.36. The van der Waals surface area contributed by atoms with E-state index in [-0.39, 0.29) is 12.1 Å². The quantitative estimate of drug-likeness (QED) is 0.678. The maximum Gasteiger partial charge on any atom is 0.251 e. The summed E-state index contributed by atoms with van der Waals surface area (Å²) in [5, 5.41) is 22.6. The van der Waals surface area contributed by atoms with Crippen LogP contribution in [0.15, 0.2) is 48.5 Å². The molecule has 1 fully saturated rings. The van der Waals surface area contributed by atoms with Crippen LogP contribution in [0.1, 0.15) is 42.5 Å². The highest BCUT2D eigenvalue weighted by molar-refractivity contribution is 5.94. The molecule has 3 rings (SSSR count). The number of nitrogens with one attached hydrogen (secondary N) is 1. The van der Waals surface area contributed by atoms with Gasteiger partial charge in [0.1, 0.15) is 5.75 Å². The van der Waals surface area contributed by atoms with Crippen molar-refractivity contribution in [1.82, 2.24) is 5.32 Å². The van der Waals surface area contributed by atoms with Gasteiger partial charge >= 0.3 is 0 Å². The first-order valence-corrected chi connectivity index (χ1v) is 9.62. The average Bonchev–Trinajstić information content (AvgIpc) is 2.71. The van der Waals surface area contributed by atoms with E-state index in [0.717, 1.165) is 37.1 Å². The van der Waals surface area contributed by atoms with Crippen molar-refractivity contribution in [3.8, 4) is 11.5 Å². The Hall–Kier alpha value is -2.60. The van der Waals surface area contributed by atoms with Gasteiger partial charge in [-0.3, -0.25) is 4.79 Å². The number of rotatable bonds is 7. The lowest BCUT2D eigenvalue weighted by Crippen LogP contribution is -2.45. The zero-order valence-corrected chi connectivity index (χ0v) is 15.7. The van der Waals surface area contributed by atoms with E-state index >= 15 is 0 Å². The molecule has 3 N–H and O–H groups in total. The third-order valence-corrected chi connectivity index (χ3v) is 5.36. The molecule has 5 nitrogen and oxygen atoms in total. The maximum atomic E-state index is 13.4. The zero-order valence-electron chi connectivity index (χ0n) is 15.7. The first-order valence-electron chi connectivity index (χ1n) is 9.62. The molecule has 0 spiro atoms. The summed E-state index contributed by atoms with van der Waals surface area (Å²) < 4.78 is 19.1. The minimum Gasteiger partial charge on any atom is -0.505 e. The zero-order chi connectivity index (χ0) is 20.0. The van der Waals surface area contributed by atoms with Gasteiger partial charge in [0.05, 0.1) is 12.2 Å². The van der Waals surface area contributed by atoms with Crippen LogP contribution in [-0.4, -0.2) is 34.9 Å². The van der Waals surface area contributed by atoms with Crippen LogP contribution in [0, 0.1) is 11.7 Å². The van der Waals surface area contributed by atoms with Crippen LogP contribution < -0.4 is 10.1 Å². The van der Waals surface area contributed by atoms with E-state index in [4.69, 9.17) is 4.74 Å². The molecular formula is C22H26FNO4. The van der Waals surface area contributed by atoms with Crippen LogP contribution >= 0.6 is 0 Å². The SMILES string of the molecule is O=C(NC[C@]1(O)CC[C@H](CCOc2ccccc2)CC1)c1ccc(O)c(F)c1. The van der Waals surface area contributed by atoms with Crippen molar-refractivity contribution in [3.63, 3.8) is 0 Å². The van der Waals surface area contributed by atoms with Gasteiger partial charge in [-0.1, -0.05) is 18.2 Å². The molecule has 0 unspecified atom stereocenters. The van der Waals surface area contributed by atoms with E-state index in [1.165, 1.54) is 6.07 Å². The van der Waals surface area contributed by atoms with E-state index < -0.39 is 23.1 Å². The van der Waals surface area contributed by atoms with Crippen LogP contribution in [0.2, 0.25) is 0 Å². The summed E-state index contributed by atoms with van der Waals surface area (Å²) in [6.07, 6.45) is 3.89. The predicted molar refractivity (Wildman–Crippen MR) is 104 cm³/mol. The summed E-state index contributed by atoms with van der Waals surface area (Å²) in [6.45, 7) is 0.776. The van der Waals surface area contributed by atoms with Gasteiger partial charge in [-0.15, -0.1) is 0 Å². The first-order chi connectivity index (χ1) is 13.5. The van der Waals surface area contributed by atoms with Gasteiger partial charge in [0.25, 0.3) is 5.91 Å². The normalized spacial score (nSPS) is 21.9. The molecule has 150 valence electrons. The molecule has 0 heterocycles. The summed E-state index contributed by atoms with van der Waals surface area (Å²) in [6, 6.07) is 13.2. The molecular weight excluding hydrogens is 361 g/mol. The van der Waals surface area contributed by atoms with Crippen molar-refractivity contribution in [3.05, 3.63) is 59.9 Å². The summed E-state index contributed by atoms with van der Waals surface area (Å²) in [5.74, 6) is -0.450. The molecule has 1 aliphatic rings. The molecule has 0 aliphatic heterocycles. The van der Waals surface area contributed by atoms with E-state index in [1.807, 2.05) is 30.3 Å². The number of hydrogen-bond donors (Lipinski definition) is 3. The van der Waals surface area contributed by atoms with Crippen LogP contribution in [-0.2, 0) is 0 Å². The Balaban J connectivity index is 1.40. The van der Waals surface area contributed by atoms with Gasteiger partial charge in [0.15, 0.2) is 11.6 Å². The fourth-order valence-electron chi connectivity index (χ4n) is 3.54. The van der Waals surface area contributed by atoms with Gasteiger partial charge in [-0.25, -0.2) is 4.39 Å². The van der Waals surface area contributed by atoms with Gasteiger partial charge in [0.2, 0.25) is 0 Å². The molecule has 0 atom stereocenters. The number of hydrogen-bond acceptors (Lipinski definition) is 4. The molecule has 2 aromatic rings. The van der Waals surface area contributed by atoms with Crippen molar-refractivity contribution in [2.75, 3.05) is 13.2 Å². The minimum atomic E-state index is -0.943. The average molecular weight is 387 g/mol. The number of carbonyl (C=O) groups is 1. The number of carbonyl (C=O) groups excluding carboxylic acids is 1. The number of ether oxygens (including phenoxy) is 1. The number of phenolic OH excluding ortho intramolecular Hbond substituents is 1. The van der Waals surface area contributed by atoms with Gasteiger partial charge in [-0.05, 0) is 68.4 Å². The summed E-state index contributed by atoms with van der Waals surface area (Å²) >= 11 is 0. The van der Waals surface area contributed by atoms with E-state index in [9.17, 15) is 19.4 Å². The summed E-state index contributed by atoms with van der Waals surface area (Å²) in [4.78, 5) is 12.1. The van der Waals surface area contributed by atoms with Gasteiger partial charge in [0, 0.05) is 12.1 Å². The molecule has 0 aromatic heterocycles. The maximum absolute atomic E-state index is 13.4. The third kappa shape index (κ3) is 5.45. The van der Waals surface area contributed by atoms with Crippen molar-refractivity contribution in [2.24, 2.45) is 5.92 Å². The second kappa shape index (κ2) is 9.06. The van der Waals surface area contributed by atoms with Crippen molar-refractivity contribution < 1.29 is 24.1 Å². The summed E-state index contributed by atoms with van der Waals surface area (Å²) in [5.41, 5.74) is -0.826. The molecule has 1 amide bonds. The highest BCUT2D eigenvalue weighted by Crippen LogP contribution is 2.33. The number of benzene rings is 2. The van der Waals surface area contributed by atoms with Gasteiger partial charge < -0.3 is 20.3 Å². The predicted octanol–water partition coefficient (Wildman–Crippen LogP) is 3.65. The van der Waals surface area contributed by atoms with Gasteiger partial charge in [-0.2, -0.15) is 0 Å². The molecule has 2 aromatic carbocycles. The monoisotopic (exact) mass is 387 g/mol. The molecule has 0 bridgehead atoms. The topological polar surface area (TPSA) is 78.8 Å². The smallest absolute Gasteiger partial charge is 0.251 e. The van der Waals surface area contributed by atoms with Crippen molar-refractivity contribution in [1.29, 1.82) is 0 Å². The first kappa shape index (κ1) is 20.1. The van der Waals surface area contributed by atoms with Crippen molar-refractivity contribution >= 4 is 5.91 Å². The molecule has 0 saturated heterocycles. The van der Waals surface area contributed by atoms with Crippen molar-refractivity contribution in [2.45, 2.75) is 37.7 Å². The lowest BCUT2D eigenvalue weighted by atomic mass is 9.77. The number of para-hydroxylation sites is 1. The minimum absolute atomic E-state index is 0.116. The Morgan fingerprint density at radius 1 is 1.18 bits per heavy atom. The molecule has 1 aliphatic carbocycles. The molecule has 1 saturated carbocycles. The fraction of sp³-hybridized carbons (Fsp3) is 0.409. The Labute approximate surface area is 164 Å². The van der Waals surface area contributed by atoms with E-state index in [2.05, 4.69) is 5.32 Å². The Morgan fingerprint density at radius 3 is 2.57 bits per heavy atom. The summed E-state index contributed by atoms with van der Waals surface area (Å²) in [7, 11) is 0. The molecule has 28 heavy (non-hydrogen) atoms. The van der Waals surface area contributed by atoms with Crippen LogP contribution in [0.25, 0.3) is 0 Å². The standard InChI is InChI=1S/C22H26FNO4/c23-19-14-17(6-7-20(19)25)21(26)24-15-22(27)11-8-16(9-12-22)10-13-28-18-4-2-1-3-5-18/h1-7,14,16,25,27H,8-13,15H2,(H,24,26)/t16-,22-. The highest BCUT2D eigenvalue weighted by atomic mass is 19.1. The molecule has 6 heteroatoms. The lowest BCUT2D eigenvalue weighted by molar-refractivity contribution is -0.00977. The molecule has 0 radical (unpaired) electrons. The van der Waals surface area contributed by atoms with E-state index in [1.54, 1.807) is 0 Å². The Morgan fingerprint density at radius 2 is 1.89 bits per heavy atom. The van der Waals surface area contributed by atoms with Crippen LogP contribution in [0.5, 0.6) is 11.5 Å². The number of aliphatic hydroxyl groups is 1. The largest absolute Gasteiger partial charge is 0.505 e. The number of halogens is 1.